The molecule has 0 radical (unpaired) electrons. The third kappa shape index (κ3) is 6.04. The molecule has 39 heavy (non-hydrogen) atoms. The number of benzene rings is 1. The first-order valence-corrected chi connectivity index (χ1v) is 13.4. The van der Waals surface area contributed by atoms with Crippen LogP contribution in [0.15, 0.2) is 73.8 Å². The molecule has 2 saturated heterocycles. The number of anilines is 3. The summed E-state index contributed by atoms with van der Waals surface area (Å²) in [5.41, 5.74) is 1.33. The van der Waals surface area contributed by atoms with E-state index >= 15 is 0 Å². The molecule has 0 bridgehead atoms. The number of hydrogen-bond acceptors (Lipinski definition) is 9. The van der Waals surface area contributed by atoms with Crippen LogP contribution in [-0.2, 0) is 11.3 Å². The monoisotopic (exact) mass is 524 g/mol. The molecule has 2 aliphatic heterocycles. The number of nitrogens with zero attached hydrogens (tertiary/aromatic N) is 9. The van der Waals surface area contributed by atoms with E-state index in [1.807, 2.05) is 29.0 Å². The minimum Gasteiger partial charge on any atom is -0.356 e. The van der Waals surface area contributed by atoms with E-state index in [0.29, 0.717) is 12.4 Å². The number of nitrogens with one attached hydrogen (secondary N) is 1. The highest BCUT2D eigenvalue weighted by Gasteiger charge is 2.27. The van der Waals surface area contributed by atoms with Crippen molar-refractivity contribution in [1.82, 2.24) is 34.4 Å². The number of imidazole rings is 1. The molecule has 2 aliphatic rings. The number of carbonyl (C=O) groups excluding carboxylic acids is 1. The molecule has 0 aliphatic carbocycles. The number of carbonyl (C=O) groups is 1. The second-order valence-electron chi connectivity index (χ2n) is 9.99. The maximum atomic E-state index is 13.2. The van der Waals surface area contributed by atoms with E-state index in [9.17, 15) is 4.79 Å². The lowest BCUT2D eigenvalue weighted by atomic mass is 9.97. The summed E-state index contributed by atoms with van der Waals surface area (Å²) in [6.07, 6.45) is 10.1. The van der Waals surface area contributed by atoms with Crippen molar-refractivity contribution in [3.63, 3.8) is 0 Å². The molecule has 1 atom stereocenters. The summed E-state index contributed by atoms with van der Waals surface area (Å²) < 4.78 is 1.84. The van der Waals surface area contributed by atoms with Crippen LogP contribution in [0.4, 0.5) is 17.5 Å². The minimum atomic E-state index is -0.162. The van der Waals surface area contributed by atoms with Crippen molar-refractivity contribution in [2.24, 2.45) is 5.92 Å². The molecule has 200 valence electrons. The third-order valence-corrected chi connectivity index (χ3v) is 7.37. The second kappa shape index (κ2) is 11.6. The Morgan fingerprint density at radius 1 is 0.872 bits per heavy atom. The van der Waals surface area contributed by atoms with Gasteiger partial charge in [-0.1, -0.05) is 30.3 Å². The van der Waals surface area contributed by atoms with Crippen molar-refractivity contribution in [2.75, 3.05) is 54.4 Å². The maximum absolute atomic E-state index is 13.2. The molecule has 0 saturated carbocycles. The first kappa shape index (κ1) is 24.9. The highest BCUT2D eigenvalue weighted by molar-refractivity contribution is 5.92. The summed E-state index contributed by atoms with van der Waals surface area (Å²) in [5, 5.41) is 3.04. The van der Waals surface area contributed by atoms with Crippen LogP contribution in [0.25, 0.3) is 5.82 Å². The average molecular weight is 525 g/mol. The van der Waals surface area contributed by atoms with Gasteiger partial charge in [0.15, 0.2) is 0 Å². The third-order valence-electron chi connectivity index (χ3n) is 7.37. The first-order valence-electron chi connectivity index (χ1n) is 13.4. The first-order chi connectivity index (χ1) is 19.2. The predicted molar refractivity (Wildman–Crippen MR) is 149 cm³/mol. The molecule has 5 heterocycles. The number of piperazine rings is 1. The fraction of sp³-hybridized carbons (Fsp3) is 0.357. The molecule has 4 aromatic rings. The van der Waals surface area contributed by atoms with Crippen LogP contribution in [-0.4, -0.2) is 79.6 Å². The van der Waals surface area contributed by atoms with Crippen LogP contribution in [0.1, 0.15) is 18.4 Å². The van der Waals surface area contributed by atoms with Gasteiger partial charge in [-0.15, -0.1) is 0 Å². The van der Waals surface area contributed by atoms with Gasteiger partial charge in [-0.25, -0.2) is 24.9 Å². The van der Waals surface area contributed by atoms with Crippen LogP contribution in [0, 0.1) is 5.92 Å². The molecule has 1 N–H and O–H groups in total. The number of rotatable bonds is 7. The number of aromatic nitrogens is 6. The van der Waals surface area contributed by atoms with Crippen molar-refractivity contribution < 1.29 is 4.79 Å². The zero-order valence-corrected chi connectivity index (χ0v) is 21.8. The molecular weight excluding hydrogens is 492 g/mol. The smallest absolute Gasteiger partial charge is 0.230 e. The van der Waals surface area contributed by atoms with Crippen molar-refractivity contribution in [2.45, 2.75) is 19.4 Å². The van der Waals surface area contributed by atoms with Crippen molar-refractivity contribution >= 4 is 23.4 Å². The van der Waals surface area contributed by atoms with Gasteiger partial charge in [0, 0.05) is 70.3 Å². The topological polar surface area (TPSA) is 108 Å². The van der Waals surface area contributed by atoms with Gasteiger partial charge in [0.1, 0.15) is 42.3 Å². The van der Waals surface area contributed by atoms with E-state index in [2.05, 4.69) is 69.2 Å². The van der Waals surface area contributed by atoms with Crippen LogP contribution in [0.2, 0.25) is 0 Å². The molecule has 3 aromatic heterocycles. The molecule has 1 unspecified atom stereocenters. The lowest BCUT2D eigenvalue weighted by Crippen LogP contribution is -2.46. The minimum absolute atomic E-state index is 0.0269. The van der Waals surface area contributed by atoms with Crippen molar-refractivity contribution in [3.8, 4) is 5.82 Å². The standard InChI is InChI=1S/C28H32N10O/c39-28(23-7-4-9-37(18-23)26-16-27(33-20-32-26)38-10-8-29-21-38)34-24-15-25(31-19-30-24)36-13-11-35(12-14-36)17-22-5-2-1-3-6-22/h1-3,5-6,8,10,15-16,19-21,23H,4,7,9,11-14,17-18H2,(H,30,31,34,39). The zero-order chi connectivity index (χ0) is 26.4. The Kier molecular flexibility index (Phi) is 7.39. The largest absolute Gasteiger partial charge is 0.356 e. The van der Waals surface area contributed by atoms with E-state index in [1.165, 1.54) is 11.9 Å². The molecule has 6 rings (SSSR count). The van der Waals surface area contributed by atoms with Gasteiger partial charge in [-0.3, -0.25) is 14.3 Å². The molecule has 11 nitrogen and oxygen atoms in total. The summed E-state index contributed by atoms with van der Waals surface area (Å²) >= 11 is 0. The number of hydrogen-bond donors (Lipinski definition) is 1. The Hall–Kier alpha value is -4.38. The van der Waals surface area contributed by atoms with E-state index in [1.54, 1.807) is 18.9 Å². The summed E-state index contributed by atoms with van der Waals surface area (Å²) in [4.78, 5) is 41.8. The summed E-state index contributed by atoms with van der Waals surface area (Å²) in [6.45, 7) is 6.08. The van der Waals surface area contributed by atoms with E-state index in [0.717, 1.165) is 69.6 Å². The maximum Gasteiger partial charge on any atom is 0.230 e. The highest BCUT2D eigenvalue weighted by atomic mass is 16.2. The van der Waals surface area contributed by atoms with Gasteiger partial charge in [-0.2, -0.15) is 0 Å². The van der Waals surface area contributed by atoms with Gasteiger partial charge >= 0.3 is 0 Å². The average Bonchev–Trinajstić information content (AvgIpc) is 3.54. The Labute approximate surface area is 227 Å². The van der Waals surface area contributed by atoms with Gasteiger partial charge < -0.3 is 15.1 Å². The molecular formula is C28H32N10O. The normalized spacial score (nSPS) is 18.2. The summed E-state index contributed by atoms with van der Waals surface area (Å²) in [7, 11) is 0. The highest BCUT2D eigenvalue weighted by Crippen LogP contribution is 2.24. The fourth-order valence-electron chi connectivity index (χ4n) is 5.24. The summed E-state index contributed by atoms with van der Waals surface area (Å²) in [6, 6.07) is 14.4. The fourth-order valence-corrected chi connectivity index (χ4v) is 5.24. The van der Waals surface area contributed by atoms with E-state index < -0.39 is 0 Å². The quantitative estimate of drug-likeness (QED) is 0.390. The number of amides is 1. The zero-order valence-electron chi connectivity index (χ0n) is 21.8. The summed E-state index contributed by atoms with van der Waals surface area (Å²) in [5.74, 6) is 2.75. The van der Waals surface area contributed by atoms with Gasteiger partial charge in [-0.05, 0) is 18.4 Å². The van der Waals surface area contributed by atoms with E-state index in [4.69, 9.17) is 0 Å². The Bertz CT molecular complexity index is 1370. The molecule has 0 spiro atoms. The molecule has 2 fully saturated rings. The molecule has 1 aromatic carbocycles. The number of piperidine rings is 1. The van der Waals surface area contributed by atoms with Crippen molar-refractivity contribution in [1.29, 1.82) is 0 Å². The lowest BCUT2D eigenvalue weighted by Gasteiger charge is -2.35. The molecule has 11 heteroatoms. The SMILES string of the molecule is O=C(Nc1cc(N2CCN(Cc3ccccc3)CC2)ncn1)C1CCCN(c2cc(-n3ccnc3)ncn2)C1. The van der Waals surface area contributed by atoms with Gasteiger partial charge in [0.25, 0.3) is 0 Å². The van der Waals surface area contributed by atoms with Crippen LogP contribution >= 0.6 is 0 Å². The Balaban J connectivity index is 1.05. The van der Waals surface area contributed by atoms with Crippen molar-refractivity contribution in [3.05, 3.63) is 79.4 Å². The van der Waals surface area contributed by atoms with Gasteiger partial charge in [0.05, 0.1) is 5.92 Å². The van der Waals surface area contributed by atoms with E-state index in [-0.39, 0.29) is 11.8 Å². The van der Waals surface area contributed by atoms with Gasteiger partial charge in [0.2, 0.25) is 5.91 Å². The van der Waals surface area contributed by atoms with Crippen LogP contribution < -0.4 is 15.1 Å². The molecule has 1 amide bonds. The van der Waals surface area contributed by atoms with Crippen LogP contribution in [0.3, 0.4) is 0 Å². The lowest BCUT2D eigenvalue weighted by molar-refractivity contribution is -0.120. The second-order valence-corrected chi connectivity index (χ2v) is 9.99. The Morgan fingerprint density at radius 3 is 2.44 bits per heavy atom. The Morgan fingerprint density at radius 2 is 1.64 bits per heavy atom. The van der Waals surface area contributed by atoms with Crippen LogP contribution in [0.5, 0.6) is 0 Å². The predicted octanol–water partition coefficient (Wildman–Crippen LogP) is 2.63.